The third-order valence-electron chi connectivity index (χ3n) is 3.69. The van der Waals surface area contributed by atoms with Crippen molar-refractivity contribution in [3.8, 4) is 0 Å². The predicted molar refractivity (Wildman–Crippen MR) is 86.1 cm³/mol. The molecule has 0 unspecified atom stereocenters. The highest BCUT2D eigenvalue weighted by atomic mass is 32.2. The molecule has 3 N–H and O–H groups in total. The van der Waals surface area contributed by atoms with Gasteiger partial charge in [0.05, 0.1) is 5.56 Å². The van der Waals surface area contributed by atoms with E-state index >= 15 is 0 Å². The van der Waals surface area contributed by atoms with Gasteiger partial charge < -0.3 is 15.4 Å². The Kier molecular flexibility index (Phi) is 5.31. The van der Waals surface area contributed by atoms with E-state index in [0.29, 0.717) is 6.04 Å². The number of ether oxygens (including phenoxy) is 1. The van der Waals surface area contributed by atoms with Crippen LogP contribution in [0.25, 0.3) is 0 Å². The summed E-state index contributed by atoms with van der Waals surface area (Å²) in [6.07, 6.45) is 2.05. The second kappa shape index (κ2) is 6.99. The summed E-state index contributed by atoms with van der Waals surface area (Å²) in [5.41, 5.74) is 7.76. The Morgan fingerprint density at radius 1 is 1.45 bits per heavy atom. The van der Waals surface area contributed by atoms with E-state index in [9.17, 15) is 0 Å². The Hall–Kier alpha value is -1.20. The van der Waals surface area contributed by atoms with Crippen molar-refractivity contribution < 1.29 is 4.74 Å². The molecule has 0 radical (unpaired) electrons. The summed E-state index contributed by atoms with van der Waals surface area (Å²) in [6.45, 7) is 3.74. The standard InChI is InChI=1S/C15H23N3OS/c1-3-20-13-6-4-5-12(14(13)15(16)17)18(2)11-7-9-19-10-8-11/h4-6,11H,3,7-10H2,1-2H3,(H3,16,17). The first-order valence-electron chi connectivity index (χ1n) is 7.06. The van der Waals surface area contributed by atoms with Gasteiger partial charge >= 0.3 is 0 Å². The quantitative estimate of drug-likeness (QED) is 0.498. The predicted octanol–water partition coefficient (Wildman–Crippen LogP) is 2.70. The van der Waals surface area contributed by atoms with Gasteiger partial charge in [-0.05, 0) is 30.7 Å². The van der Waals surface area contributed by atoms with Crippen LogP contribution in [0, 0.1) is 5.41 Å². The molecule has 0 atom stereocenters. The van der Waals surface area contributed by atoms with Crippen LogP contribution in [0.4, 0.5) is 5.69 Å². The van der Waals surface area contributed by atoms with Gasteiger partial charge in [-0.1, -0.05) is 13.0 Å². The summed E-state index contributed by atoms with van der Waals surface area (Å²) in [4.78, 5) is 3.36. The summed E-state index contributed by atoms with van der Waals surface area (Å²) >= 11 is 1.74. The van der Waals surface area contributed by atoms with Crippen molar-refractivity contribution in [1.82, 2.24) is 0 Å². The van der Waals surface area contributed by atoms with E-state index in [4.69, 9.17) is 15.9 Å². The molecule has 1 fully saturated rings. The molecule has 0 spiro atoms. The molecule has 1 aliphatic rings. The fourth-order valence-electron chi connectivity index (χ4n) is 2.63. The molecule has 20 heavy (non-hydrogen) atoms. The van der Waals surface area contributed by atoms with Crippen LogP contribution in [0.3, 0.4) is 0 Å². The molecule has 5 heteroatoms. The SMILES string of the molecule is CCSc1cccc(N(C)C2CCOCC2)c1C(=N)N. The molecule has 4 nitrogen and oxygen atoms in total. The molecule has 2 rings (SSSR count). The van der Waals surface area contributed by atoms with Gasteiger partial charge in [0, 0.05) is 36.9 Å². The highest BCUT2D eigenvalue weighted by Crippen LogP contribution is 2.32. The molecule has 0 aliphatic carbocycles. The summed E-state index contributed by atoms with van der Waals surface area (Å²) in [5.74, 6) is 1.13. The van der Waals surface area contributed by atoms with Crippen molar-refractivity contribution in [3.63, 3.8) is 0 Å². The summed E-state index contributed by atoms with van der Waals surface area (Å²) in [6, 6.07) is 6.62. The first kappa shape index (κ1) is 15.2. The Bertz CT molecular complexity index is 472. The lowest BCUT2D eigenvalue weighted by Gasteiger charge is -2.34. The second-order valence-corrected chi connectivity index (χ2v) is 6.26. The van der Waals surface area contributed by atoms with Gasteiger partial charge in [-0.15, -0.1) is 11.8 Å². The summed E-state index contributed by atoms with van der Waals surface area (Å²) < 4.78 is 5.43. The lowest BCUT2D eigenvalue weighted by molar-refractivity contribution is 0.0855. The van der Waals surface area contributed by atoms with Crippen molar-refractivity contribution in [2.45, 2.75) is 30.7 Å². The third kappa shape index (κ3) is 3.27. The van der Waals surface area contributed by atoms with Crippen LogP contribution in [0.2, 0.25) is 0 Å². The number of anilines is 1. The molecule has 0 amide bonds. The number of hydrogen-bond acceptors (Lipinski definition) is 4. The number of nitrogens with one attached hydrogen (secondary N) is 1. The van der Waals surface area contributed by atoms with E-state index in [-0.39, 0.29) is 5.84 Å². The number of rotatable bonds is 5. The zero-order valence-corrected chi connectivity index (χ0v) is 13.0. The molecule has 0 bridgehead atoms. The van der Waals surface area contributed by atoms with Crippen LogP contribution >= 0.6 is 11.8 Å². The molecule has 1 aromatic carbocycles. The number of nitrogens with zero attached hydrogens (tertiary/aromatic N) is 1. The van der Waals surface area contributed by atoms with Gasteiger partial charge in [-0.2, -0.15) is 0 Å². The lowest BCUT2D eigenvalue weighted by Crippen LogP contribution is -2.37. The minimum atomic E-state index is 0.149. The van der Waals surface area contributed by atoms with E-state index in [1.807, 2.05) is 6.07 Å². The molecule has 1 aliphatic heterocycles. The summed E-state index contributed by atoms with van der Waals surface area (Å²) in [5, 5.41) is 7.92. The van der Waals surface area contributed by atoms with Gasteiger partial charge in [0.2, 0.25) is 0 Å². The monoisotopic (exact) mass is 293 g/mol. The lowest BCUT2D eigenvalue weighted by atomic mass is 10.0. The first-order valence-corrected chi connectivity index (χ1v) is 8.04. The van der Waals surface area contributed by atoms with Crippen molar-refractivity contribution >= 4 is 23.3 Å². The maximum atomic E-state index is 7.92. The van der Waals surface area contributed by atoms with E-state index in [0.717, 1.165) is 48.0 Å². The smallest absolute Gasteiger partial charge is 0.126 e. The maximum Gasteiger partial charge on any atom is 0.126 e. The Labute approximate surface area is 125 Å². The first-order chi connectivity index (χ1) is 9.65. The van der Waals surface area contributed by atoms with Crippen molar-refractivity contribution in [2.75, 3.05) is 30.9 Å². The number of benzene rings is 1. The van der Waals surface area contributed by atoms with Gasteiger partial charge in [0.15, 0.2) is 0 Å². The number of nitrogen functional groups attached to an aromatic ring is 1. The fourth-order valence-corrected chi connectivity index (χ4v) is 3.47. The zero-order valence-electron chi connectivity index (χ0n) is 12.2. The van der Waals surface area contributed by atoms with Crippen molar-refractivity contribution in [3.05, 3.63) is 23.8 Å². The topological polar surface area (TPSA) is 62.3 Å². The molecule has 1 saturated heterocycles. The van der Waals surface area contributed by atoms with E-state index in [2.05, 4.69) is 31.0 Å². The van der Waals surface area contributed by atoms with Crippen molar-refractivity contribution in [1.29, 1.82) is 5.41 Å². The normalized spacial score (nSPS) is 16.1. The molecular formula is C15H23N3OS. The van der Waals surface area contributed by atoms with E-state index in [1.165, 1.54) is 0 Å². The Morgan fingerprint density at radius 3 is 2.75 bits per heavy atom. The number of amidine groups is 1. The van der Waals surface area contributed by atoms with Gasteiger partial charge in [0.25, 0.3) is 0 Å². The number of nitrogens with two attached hydrogens (primary N) is 1. The second-order valence-electron chi connectivity index (χ2n) is 4.95. The van der Waals surface area contributed by atoms with Crippen LogP contribution in [0.1, 0.15) is 25.3 Å². The molecule has 0 saturated carbocycles. The third-order valence-corrected chi connectivity index (χ3v) is 4.63. The van der Waals surface area contributed by atoms with E-state index < -0.39 is 0 Å². The van der Waals surface area contributed by atoms with Crippen LogP contribution in [0.5, 0.6) is 0 Å². The van der Waals surface area contributed by atoms with Gasteiger partial charge in [-0.3, -0.25) is 5.41 Å². The Balaban J connectivity index is 2.33. The van der Waals surface area contributed by atoms with E-state index in [1.54, 1.807) is 11.8 Å². The minimum absolute atomic E-state index is 0.149. The zero-order chi connectivity index (χ0) is 14.5. The largest absolute Gasteiger partial charge is 0.384 e. The number of thioether (sulfide) groups is 1. The molecular weight excluding hydrogens is 270 g/mol. The molecule has 1 heterocycles. The van der Waals surface area contributed by atoms with Crippen LogP contribution in [-0.2, 0) is 4.74 Å². The fraction of sp³-hybridized carbons (Fsp3) is 0.533. The van der Waals surface area contributed by atoms with Crippen LogP contribution in [-0.4, -0.2) is 37.9 Å². The maximum absolute atomic E-state index is 7.92. The van der Waals surface area contributed by atoms with Gasteiger partial charge in [0.1, 0.15) is 5.84 Å². The molecule has 1 aromatic rings. The molecule has 110 valence electrons. The average molecular weight is 293 g/mol. The highest BCUT2D eigenvalue weighted by molar-refractivity contribution is 7.99. The van der Waals surface area contributed by atoms with Crippen molar-refractivity contribution in [2.24, 2.45) is 5.73 Å². The Morgan fingerprint density at radius 2 is 2.15 bits per heavy atom. The molecule has 0 aromatic heterocycles. The number of hydrogen-bond donors (Lipinski definition) is 2. The summed E-state index contributed by atoms with van der Waals surface area (Å²) in [7, 11) is 2.10. The van der Waals surface area contributed by atoms with Crippen LogP contribution < -0.4 is 10.6 Å². The highest BCUT2D eigenvalue weighted by Gasteiger charge is 2.22. The van der Waals surface area contributed by atoms with Gasteiger partial charge in [-0.25, -0.2) is 0 Å². The minimum Gasteiger partial charge on any atom is -0.384 e. The average Bonchev–Trinajstić information content (AvgIpc) is 2.47. The van der Waals surface area contributed by atoms with Crippen LogP contribution in [0.15, 0.2) is 23.1 Å².